The molecule has 0 aromatic carbocycles. The molecule has 0 spiro atoms. The van der Waals surface area contributed by atoms with Crippen molar-refractivity contribution in [2.24, 2.45) is 0 Å². The number of unbranched alkanes of at least 4 members (excludes halogenated alkanes) is 16. The number of phosphoric acid groups is 1. The van der Waals surface area contributed by atoms with Crippen LogP contribution in [0.2, 0.25) is 0 Å². The molecule has 8 nitrogen and oxygen atoms in total. The fourth-order valence-corrected chi connectivity index (χ4v) is 5.08. The first kappa shape index (κ1) is 44.0. The first-order valence-corrected chi connectivity index (χ1v) is 19.5. The van der Waals surface area contributed by atoms with Gasteiger partial charge in [-0.1, -0.05) is 133 Å². The standard InChI is InChI=1S/C37H65O8P/c1-3-5-7-9-11-13-15-17-18-20-21-23-25-27-29-31-36(38)43-33-35(34-44-46(40,41)42)45-37(39)32-30-28-26-24-22-19-16-14-12-10-8-6-4-2/h6,8,10,12-16,35H,3-5,7,9,11,17-34H2,1-2H3,(H2,40,41,42)/b8-6+,12-10+,15-13+,16-14+. The van der Waals surface area contributed by atoms with E-state index in [1.54, 1.807) is 0 Å². The van der Waals surface area contributed by atoms with Gasteiger partial charge in [0.25, 0.3) is 0 Å². The summed E-state index contributed by atoms with van der Waals surface area (Å²) in [5, 5.41) is 0. The lowest BCUT2D eigenvalue weighted by molar-refractivity contribution is -0.161. The molecule has 0 radical (unpaired) electrons. The van der Waals surface area contributed by atoms with E-state index >= 15 is 0 Å². The Bertz CT molecular complexity index is 890. The van der Waals surface area contributed by atoms with Crippen molar-refractivity contribution in [1.82, 2.24) is 0 Å². The minimum absolute atomic E-state index is 0.187. The third-order valence-corrected chi connectivity index (χ3v) is 7.88. The highest BCUT2D eigenvalue weighted by atomic mass is 31.2. The van der Waals surface area contributed by atoms with Crippen molar-refractivity contribution >= 4 is 19.8 Å². The number of carbonyl (C=O) groups is 2. The zero-order valence-corrected chi connectivity index (χ0v) is 29.9. The van der Waals surface area contributed by atoms with E-state index < -0.39 is 32.5 Å². The summed E-state index contributed by atoms with van der Waals surface area (Å²) in [6.07, 6.45) is 38.3. The second kappa shape index (κ2) is 32.9. The molecular weight excluding hydrogens is 603 g/mol. The van der Waals surface area contributed by atoms with Gasteiger partial charge < -0.3 is 19.3 Å². The number of carbonyl (C=O) groups excluding carboxylic acids is 2. The Kier molecular flexibility index (Phi) is 31.5. The fourth-order valence-electron chi connectivity index (χ4n) is 4.72. The van der Waals surface area contributed by atoms with E-state index in [4.69, 9.17) is 19.3 Å². The topological polar surface area (TPSA) is 119 Å². The maximum Gasteiger partial charge on any atom is 0.469 e. The maximum atomic E-state index is 12.3. The second-order valence-electron chi connectivity index (χ2n) is 11.9. The smallest absolute Gasteiger partial charge is 0.462 e. The van der Waals surface area contributed by atoms with Crippen LogP contribution < -0.4 is 0 Å². The summed E-state index contributed by atoms with van der Waals surface area (Å²) < 4.78 is 26.2. The Hall–Kier alpha value is -1.99. The van der Waals surface area contributed by atoms with Gasteiger partial charge in [0.15, 0.2) is 6.10 Å². The van der Waals surface area contributed by atoms with Gasteiger partial charge in [-0.3, -0.25) is 14.1 Å². The van der Waals surface area contributed by atoms with Gasteiger partial charge in [-0.15, -0.1) is 0 Å². The normalized spacial score (nSPS) is 13.0. The minimum atomic E-state index is -4.75. The van der Waals surface area contributed by atoms with Crippen molar-refractivity contribution in [3.8, 4) is 0 Å². The average Bonchev–Trinajstić information content (AvgIpc) is 3.02. The highest BCUT2D eigenvalue weighted by molar-refractivity contribution is 7.46. The van der Waals surface area contributed by atoms with E-state index in [0.29, 0.717) is 12.8 Å². The molecule has 0 saturated heterocycles. The Morgan fingerprint density at radius 1 is 0.587 bits per heavy atom. The van der Waals surface area contributed by atoms with Gasteiger partial charge in [0, 0.05) is 12.8 Å². The summed E-state index contributed by atoms with van der Waals surface area (Å²) in [5.74, 6) is -0.918. The molecule has 2 N–H and O–H groups in total. The molecule has 46 heavy (non-hydrogen) atoms. The average molecular weight is 669 g/mol. The largest absolute Gasteiger partial charge is 0.469 e. The number of hydrogen-bond donors (Lipinski definition) is 2. The first-order chi connectivity index (χ1) is 22.3. The summed E-state index contributed by atoms with van der Waals surface area (Å²) in [6.45, 7) is 3.50. The molecule has 0 aromatic heterocycles. The monoisotopic (exact) mass is 668 g/mol. The Morgan fingerprint density at radius 3 is 1.61 bits per heavy atom. The van der Waals surface area contributed by atoms with Crippen LogP contribution in [-0.4, -0.2) is 41.0 Å². The third kappa shape index (κ3) is 34.9. The van der Waals surface area contributed by atoms with E-state index in [1.807, 2.05) is 18.2 Å². The Morgan fingerprint density at radius 2 is 1.07 bits per heavy atom. The Labute approximate surface area is 280 Å². The highest BCUT2D eigenvalue weighted by Gasteiger charge is 2.22. The number of allylic oxidation sites excluding steroid dienone is 8. The summed E-state index contributed by atoms with van der Waals surface area (Å²) in [5.41, 5.74) is 0. The van der Waals surface area contributed by atoms with Crippen LogP contribution in [0.3, 0.4) is 0 Å². The SMILES string of the molecule is CC/C=C/C=C/C=C/CCCCCCCC(=O)OC(COC(=O)CCCCCCCCC/C=C/CCCCCC)COP(=O)(O)O. The molecule has 0 aromatic rings. The van der Waals surface area contributed by atoms with Crippen LogP contribution in [0.25, 0.3) is 0 Å². The first-order valence-electron chi connectivity index (χ1n) is 18.0. The van der Waals surface area contributed by atoms with Crippen LogP contribution in [0.15, 0.2) is 48.6 Å². The zero-order valence-electron chi connectivity index (χ0n) is 29.0. The van der Waals surface area contributed by atoms with Crippen molar-refractivity contribution in [3.63, 3.8) is 0 Å². The van der Waals surface area contributed by atoms with Gasteiger partial charge in [0.1, 0.15) is 6.61 Å². The van der Waals surface area contributed by atoms with Crippen molar-refractivity contribution < 1.29 is 37.9 Å². The molecule has 0 aliphatic rings. The van der Waals surface area contributed by atoms with Crippen molar-refractivity contribution in [3.05, 3.63) is 48.6 Å². The van der Waals surface area contributed by atoms with E-state index in [9.17, 15) is 14.2 Å². The van der Waals surface area contributed by atoms with Gasteiger partial charge in [0.2, 0.25) is 0 Å². The molecule has 0 bridgehead atoms. The summed E-state index contributed by atoms with van der Waals surface area (Å²) in [4.78, 5) is 42.6. The van der Waals surface area contributed by atoms with Crippen molar-refractivity contribution in [2.75, 3.05) is 13.2 Å². The summed E-state index contributed by atoms with van der Waals surface area (Å²) in [7, 11) is -4.75. The fraction of sp³-hybridized carbons (Fsp3) is 0.730. The van der Waals surface area contributed by atoms with Crippen LogP contribution in [-0.2, 0) is 28.2 Å². The third-order valence-electron chi connectivity index (χ3n) is 7.39. The molecule has 9 heteroatoms. The van der Waals surface area contributed by atoms with Crippen molar-refractivity contribution in [1.29, 1.82) is 0 Å². The number of ether oxygens (including phenoxy) is 2. The van der Waals surface area contributed by atoms with Crippen molar-refractivity contribution in [2.45, 2.75) is 161 Å². The van der Waals surface area contributed by atoms with E-state index in [1.165, 1.54) is 51.4 Å². The predicted molar refractivity (Wildman–Crippen MR) is 188 cm³/mol. The number of esters is 2. The number of phosphoric ester groups is 1. The Balaban J connectivity index is 4.02. The van der Waals surface area contributed by atoms with Gasteiger partial charge in [0.05, 0.1) is 6.61 Å². The van der Waals surface area contributed by atoms with E-state index in [-0.39, 0.29) is 19.4 Å². The lowest BCUT2D eigenvalue weighted by atomic mass is 10.1. The van der Waals surface area contributed by atoms with Crippen LogP contribution in [0.5, 0.6) is 0 Å². The molecule has 0 heterocycles. The van der Waals surface area contributed by atoms with Gasteiger partial charge in [-0.25, -0.2) is 4.57 Å². The lowest BCUT2D eigenvalue weighted by Crippen LogP contribution is -2.29. The molecule has 1 unspecified atom stereocenters. The molecule has 0 aliphatic heterocycles. The van der Waals surface area contributed by atoms with Gasteiger partial charge in [-0.05, 0) is 57.8 Å². The van der Waals surface area contributed by atoms with E-state index in [2.05, 4.69) is 48.8 Å². The molecule has 0 aliphatic carbocycles. The van der Waals surface area contributed by atoms with Crippen LogP contribution in [0.4, 0.5) is 0 Å². The molecular formula is C37H65O8P. The highest BCUT2D eigenvalue weighted by Crippen LogP contribution is 2.36. The van der Waals surface area contributed by atoms with E-state index in [0.717, 1.165) is 64.2 Å². The maximum absolute atomic E-state index is 12.3. The summed E-state index contributed by atoms with van der Waals surface area (Å²) >= 11 is 0. The summed E-state index contributed by atoms with van der Waals surface area (Å²) in [6, 6.07) is 0. The molecule has 0 saturated carbocycles. The quantitative estimate of drug-likeness (QED) is 0.0239. The zero-order chi connectivity index (χ0) is 34.0. The molecule has 266 valence electrons. The van der Waals surface area contributed by atoms with Crippen LogP contribution in [0, 0.1) is 0 Å². The van der Waals surface area contributed by atoms with Gasteiger partial charge in [-0.2, -0.15) is 0 Å². The molecule has 1 atom stereocenters. The lowest BCUT2D eigenvalue weighted by Gasteiger charge is -2.18. The minimum Gasteiger partial charge on any atom is -0.462 e. The number of rotatable bonds is 32. The molecule has 0 rings (SSSR count). The molecule has 0 fully saturated rings. The second-order valence-corrected chi connectivity index (χ2v) is 13.1. The number of hydrogen-bond acceptors (Lipinski definition) is 6. The molecule has 0 amide bonds. The van der Waals surface area contributed by atoms with Gasteiger partial charge >= 0.3 is 19.8 Å². The van der Waals surface area contributed by atoms with Crippen LogP contribution >= 0.6 is 7.82 Å². The predicted octanol–water partition coefficient (Wildman–Crippen LogP) is 10.4. The van der Waals surface area contributed by atoms with Crippen LogP contribution in [0.1, 0.15) is 155 Å².